The number of nitrogens with zero attached hydrogens (tertiary/aromatic N) is 1. The Morgan fingerprint density at radius 2 is 2.08 bits per heavy atom. The molecule has 8 heteroatoms. The fourth-order valence-electron chi connectivity index (χ4n) is 2.79. The number of anilines is 1. The minimum atomic E-state index is -0.431. The predicted octanol–water partition coefficient (Wildman–Crippen LogP) is 1.39. The van der Waals surface area contributed by atoms with Gasteiger partial charge in [0, 0.05) is 19.2 Å². The molecule has 0 unspecified atom stereocenters. The summed E-state index contributed by atoms with van der Waals surface area (Å²) in [6.07, 6.45) is 0. The van der Waals surface area contributed by atoms with Crippen LogP contribution < -0.4 is 21.1 Å². The fourth-order valence-corrected chi connectivity index (χ4v) is 2.79. The molecule has 0 saturated heterocycles. The van der Waals surface area contributed by atoms with E-state index in [9.17, 15) is 14.4 Å². The summed E-state index contributed by atoms with van der Waals surface area (Å²) in [6, 6.07) is 10.1. The highest BCUT2D eigenvalue weighted by Crippen LogP contribution is 2.28. The molecule has 4 rings (SSSR count). The van der Waals surface area contributed by atoms with Gasteiger partial charge in [-0.3, -0.25) is 14.2 Å². The lowest BCUT2D eigenvalue weighted by Crippen LogP contribution is -2.27. The maximum Gasteiger partial charge on any atom is 0.419 e. The van der Waals surface area contributed by atoms with Crippen molar-refractivity contribution >= 4 is 28.6 Å². The smallest absolute Gasteiger partial charge is 0.419 e. The Bertz CT molecular complexity index is 1100. The largest absolute Gasteiger partial charge is 0.482 e. The number of aromatic nitrogens is 1. The van der Waals surface area contributed by atoms with E-state index in [4.69, 9.17) is 9.15 Å². The minimum absolute atomic E-state index is 0.0302. The van der Waals surface area contributed by atoms with Gasteiger partial charge in [-0.25, -0.2) is 4.79 Å². The molecule has 26 heavy (non-hydrogen) atoms. The van der Waals surface area contributed by atoms with Crippen LogP contribution in [0.3, 0.4) is 0 Å². The molecule has 3 aromatic rings. The zero-order chi connectivity index (χ0) is 18.3. The Hall–Kier alpha value is -3.55. The van der Waals surface area contributed by atoms with Crippen LogP contribution in [0, 0.1) is 0 Å². The summed E-state index contributed by atoms with van der Waals surface area (Å²) < 4.78 is 11.8. The van der Waals surface area contributed by atoms with E-state index in [1.165, 1.54) is 4.57 Å². The number of ether oxygens (including phenoxy) is 1. The Morgan fingerprint density at radius 3 is 2.92 bits per heavy atom. The van der Waals surface area contributed by atoms with Gasteiger partial charge < -0.3 is 19.8 Å². The van der Waals surface area contributed by atoms with E-state index in [0.29, 0.717) is 28.1 Å². The molecule has 132 valence electrons. The Morgan fingerprint density at radius 1 is 1.23 bits per heavy atom. The van der Waals surface area contributed by atoms with Crippen LogP contribution in [-0.4, -0.2) is 23.0 Å². The van der Waals surface area contributed by atoms with E-state index in [1.807, 2.05) is 0 Å². The topological polar surface area (TPSA) is 103 Å². The highest BCUT2D eigenvalue weighted by Gasteiger charge is 2.17. The highest BCUT2D eigenvalue weighted by atomic mass is 16.5. The molecule has 1 aromatic heterocycles. The van der Waals surface area contributed by atoms with E-state index >= 15 is 0 Å². The van der Waals surface area contributed by atoms with Crippen LogP contribution in [0.25, 0.3) is 11.1 Å². The van der Waals surface area contributed by atoms with Gasteiger partial charge in [0.05, 0.1) is 11.2 Å². The number of rotatable bonds is 3. The summed E-state index contributed by atoms with van der Waals surface area (Å²) in [5.41, 5.74) is 2.88. The molecule has 1 aliphatic heterocycles. The van der Waals surface area contributed by atoms with Crippen LogP contribution in [-0.2, 0) is 18.4 Å². The molecule has 0 radical (unpaired) electrons. The molecule has 8 nitrogen and oxygen atoms in total. The van der Waals surface area contributed by atoms with E-state index in [2.05, 4.69) is 10.6 Å². The van der Waals surface area contributed by atoms with Crippen molar-refractivity contribution < 1.29 is 18.7 Å². The molecular weight excluding hydrogens is 338 g/mol. The molecule has 0 saturated carbocycles. The number of amides is 2. The average Bonchev–Trinajstić information content (AvgIpc) is 2.93. The summed E-state index contributed by atoms with van der Waals surface area (Å²) >= 11 is 0. The summed E-state index contributed by atoms with van der Waals surface area (Å²) in [5, 5.41) is 5.48. The first-order chi connectivity index (χ1) is 12.5. The molecule has 2 aromatic carbocycles. The van der Waals surface area contributed by atoms with Crippen molar-refractivity contribution in [3.8, 4) is 5.75 Å². The SMILES string of the molecule is Cn1c(=O)oc2ccc(CNC(=O)c3ccc4c(c3)NC(=O)CO4)cc21. The number of aryl methyl sites for hydroxylation is 1. The van der Waals surface area contributed by atoms with Crippen molar-refractivity contribution in [2.24, 2.45) is 7.05 Å². The fraction of sp³-hybridized carbons (Fsp3) is 0.167. The number of hydrogen-bond acceptors (Lipinski definition) is 5. The maximum atomic E-state index is 12.4. The van der Waals surface area contributed by atoms with Gasteiger partial charge in [-0.1, -0.05) is 6.07 Å². The lowest BCUT2D eigenvalue weighted by molar-refractivity contribution is -0.118. The van der Waals surface area contributed by atoms with Crippen LogP contribution in [0.5, 0.6) is 5.75 Å². The molecule has 0 atom stereocenters. The third-order valence-electron chi connectivity index (χ3n) is 4.18. The second-order valence-corrected chi connectivity index (χ2v) is 5.96. The van der Waals surface area contributed by atoms with Gasteiger partial charge in [0.2, 0.25) is 0 Å². The number of carbonyl (C=O) groups excluding carboxylic acids is 2. The quantitative estimate of drug-likeness (QED) is 0.741. The number of carbonyl (C=O) groups is 2. The summed E-state index contributed by atoms with van der Waals surface area (Å²) in [6.45, 7) is 0.256. The lowest BCUT2D eigenvalue weighted by atomic mass is 10.1. The molecule has 0 fully saturated rings. The first-order valence-corrected chi connectivity index (χ1v) is 7.94. The average molecular weight is 353 g/mol. The van der Waals surface area contributed by atoms with Gasteiger partial charge in [0.25, 0.3) is 11.8 Å². The Labute approximate surface area is 147 Å². The van der Waals surface area contributed by atoms with Crippen molar-refractivity contribution in [3.63, 3.8) is 0 Å². The molecule has 1 aliphatic rings. The third kappa shape index (κ3) is 2.81. The van der Waals surface area contributed by atoms with Crippen LogP contribution >= 0.6 is 0 Å². The highest BCUT2D eigenvalue weighted by molar-refractivity contribution is 5.99. The second-order valence-electron chi connectivity index (χ2n) is 5.96. The zero-order valence-electron chi connectivity index (χ0n) is 13.9. The normalized spacial score (nSPS) is 13.0. The van der Waals surface area contributed by atoms with E-state index < -0.39 is 5.76 Å². The Balaban J connectivity index is 1.50. The molecule has 2 amide bonds. The predicted molar refractivity (Wildman–Crippen MR) is 93.2 cm³/mol. The molecular formula is C18H15N3O5. The van der Waals surface area contributed by atoms with E-state index in [0.717, 1.165) is 5.56 Å². The molecule has 0 aliphatic carbocycles. The summed E-state index contributed by atoms with van der Waals surface area (Å²) in [4.78, 5) is 35.3. The number of hydrogen-bond donors (Lipinski definition) is 2. The first-order valence-electron chi connectivity index (χ1n) is 7.94. The van der Waals surface area contributed by atoms with Crippen LogP contribution in [0.15, 0.2) is 45.6 Å². The van der Waals surface area contributed by atoms with Gasteiger partial charge in [0.1, 0.15) is 5.75 Å². The maximum absolute atomic E-state index is 12.4. The molecule has 0 bridgehead atoms. The van der Waals surface area contributed by atoms with E-state index in [-0.39, 0.29) is 25.0 Å². The second kappa shape index (κ2) is 6.07. The van der Waals surface area contributed by atoms with Gasteiger partial charge in [-0.05, 0) is 35.9 Å². The van der Waals surface area contributed by atoms with Gasteiger partial charge in [-0.2, -0.15) is 0 Å². The lowest BCUT2D eigenvalue weighted by Gasteiger charge is -2.18. The summed E-state index contributed by atoms with van der Waals surface area (Å²) in [7, 11) is 1.63. The van der Waals surface area contributed by atoms with Crippen molar-refractivity contribution in [2.75, 3.05) is 11.9 Å². The van der Waals surface area contributed by atoms with Crippen LogP contribution in [0.4, 0.5) is 5.69 Å². The number of oxazole rings is 1. The van der Waals surface area contributed by atoms with Gasteiger partial charge in [-0.15, -0.1) is 0 Å². The van der Waals surface area contributed by atoms with Crippen molar-refractivity contribution in [1.82, 2.24) is 9.88 Å². The standard InChI is InChI=1S/C18H15N3O5/c1-21-13-6-10(2-4-15(13)26-18(21)24)8-19-17(23)11-3-5-14-12(7-11)20-16(22)9-25-14/h2-7H,8-9H2,1H3,(H,19,23)(H,20,22). The van der Waals surface area contributed by atoms with Crippen molar-refractivity contribution in [3.05, 3.63) is 58.1 Å². The number of nitrogens with one attached hydrogen (secondary N) is 2. The monoisotopic (exact) mass is 353 g/mol. The third-order valence-corrected chi connectivity index (χ3v) is 4.18. The Kier molecular flexibility index (Phi) is 3.72. The number of fused-ring (bicyclic) bond motifs is 2. The summed E-state index contributed by atoms with van der Waals surface area (Å²) in [5.74, 6) is -0.435. The molecule has 2 heterocycles. The van der Waals surface area contributed by atoms with Crippen molar-refractivity contribution in [1.29, 1.82) is 0 Å². The minimum Gasteiger partial charge on any atom is -0.482 e. The van der Waals surface area contributed by atoms with Crippen molar-refractivity contribution in [2.45, 2.75) is 6.54 Å². The zero-order valence-corrected chi connectivity index (χ0v) is 13.9. The molecule has 0 spiro atoms. The van der Waals surface area contributed by atoms with Crippen LogP contribution in [0.1, 0.15) is 15.9 Å². The van der Waals surface area contributed by atoms with Gasteiger partial charge in [0.15, 0.2) is 12.2 Å². The first kappa shape index (κ1) is 15.9. The van der Waals surface area contributed by atoms with E-state index in [1.54, 1.807) is 43.4 Å². The number of benzene rings is 2. The van der Waals surface area contributed by atoms with Gasteiger partial charge >= 0.3 is 5.76 Å². The molecule has 2 N–H and O–H groups in total. The van der Waals surface area contributed by atoms with Crippen LogP contribution in [0.2, 0.25) is 0 Å².